The molecule has 0 aromatic heterocycles. The van der Waals surface area contributed by atoms with E-state index in [0.29, 0.717) is 0 Å². The first-order valence-corrected chi connectivity index (χ1v) is 7.91. The van der Waals surface area contributed by atoms with E-state index >= 15 is 0 Å². The Morgan fingerprint density at radius 1 is 0.929 bits per heavy atom. The van der Waals surface area contributed by atoms with Crippen LogP contribution >= 0.6 is 24.4 Å². The van der Waals surface area contributed by atoms with Crippen LogP contribution in [0.15, 0.2) is 0 Å². The molecular weight excluding hydrogens is 208 g/mol. The molecule has 0 aromatic rings. The standard InChI is InChI=1S/C12H24S2/c13-9-11-14-10-8-12-6-4-2-1-3-5-7-12/h12-13H,1-11H2. The number of thioether (sulfide) groups is 1. The molecule has 14 heavy (non-hydrogen) atoms. The van der Waals surface area contributed by atoms with Crippen LogP contribution in [0.5, 0.6) is 0 Å². The molecule has 84 valence electrons. The molecule has 0 bridgehead atoms. The van der Waals surface area contributed by atoms with Gasteiger partial charge in [-0.05, 0) is 23.8 Å². The van der Waals surface area contributed by atoms with Gasteiger partial charge in [-0.1, -0.05) is 44.9 Å². The van der Waals surface area contributed by atoms with Crippen LogP contribution < -0.4 is 0 Å². The molecule has 1 aliphatic rings. The van der Waals surface area contributed by atoms with Gasteiger partial charge < -0.3 is 0 Å². The number of thiol groups is 1. The molecule has 1 saturated carbocycles. The van der Waals surface area contributed by atoms with Gasteiger partial charge in [0, 0.05) is 5.75 Å². The summed E-state index contributed by atoms with van der Waals surface area (Å²) in [5.74, 6) is 4.68. The van der Waals surface area contributed by atoms with Crippen molar-refractivity contribution in [2.24, 2.45) is 5.92 Å². The van der Waals surface area contributed by atoms with Gasteiger partial charge in [0.05, 0.1) is 0 Å². The zero-order valence-corrected chi connectivity index (χ0v) is 10.9. The van der Waals surface area contributed by atoms with Crippen molar-refractivity contribution in [3.8, 4) is 0 Å². The summed E-state index contributed by atoms with van der Waals surface area (Å²) in [4.78, 5) is 0. The maximum absolute atomic E-state index is 4.23. The second-order valence-corrected chi connectivity index (χ2v) is 6.01. The highest BCUT2D eigenvalue weighted by molar-refractivity contribution is 7.99. The lowest BCUT2D eigenvalue weighted by molar-refractivity contribution is 0.371. The minimum atomic E-state index is 1.04. The first-order chi connectivity index (χ1) is 6.93. The molecule has 1 aliphatic carbocycles. The fourth-order valence-electron chi connectivity index (χ4n) is 2.25. The van der Waals surface area contributed by atoms with Gasteiger partial charge in [-0.25, -0.2) is 0 Å². The van der Waals surface area contributed by atoms with Crippen molar-refractivity contribution < 1.29 is 0 Å². The van der Waals surface area contributed by atoms with Crippen LogP contribution in [0.3, 0.4) is 0 Å². The molecule has 0 aromatic carbocycles. The summed E-state index contributed by atoms with van der Waals surface area (Å²) in [7, 11) is 0. The molecule has 2 heteroatoms. The zero-order chi connectivity index (χ0) is 10.1. The number of rotatable bonds is 5. The minimum Gasteiger partial charge on any atom is -0.179 e. The predicted octanol–water partition coefficient (Wildman–Crippen LogP) is 4.40. The van der Waals surface area contributed by atoms with Crippen LogP contribution in [0.4, 0.5) is 0 Å². The molecule has 0 saturated heterocycles. The topological polar surface area (TPSA) is 0 Å². The third kappa shape index (κ3) is 6.23. The van der Waals surface area contributed by atoms with Crippen molar-refractivity contribution in [1.29, 1.82) is 0 Å². The molecule has 0 N–H and O–H groups in total. The Kier molecular flexibility index (Phi) is 8.18. The molecule has 1 fully saturated rings. The van der Waals surface area contributed by atoms with Gasteiger partial charge in [0.15, 0.2) is 0 Å². The fraction of sp³-hybridized carbons (Fsp3) is 1.00. The highest BCUT2D eigenvalue weighted by Crippen LogP contribution is 2.25. The molecule has 0 atom stereocenters. The van der Waals surface area contributed by atoms with E-state index in [9.17, 15) is 0 Å². The van der Waals surface area contributed by atoms with E-state index in [1.54, 1.807) is 0 Å². The number of hydrogen-bond donors (Lipinski definition) is 1. The van der Waals surface area contributed by atoms with Crippen molar-refractivity contribution >= 4 is 24.4 Å². The summed E-state index contributed by atoms with van der Waals surface area (Å²) >= 11 is 6.31. The lowest BCUT2D eigenvalue weighted by Gasteiger charge is -2.19. The smallest absolute Gasteiger partial charge is 0.00210 e. The summed E-state index contributed by atoms with van der Waals surface area (Å²) < 4.78 is 0. The summed E-state index contributed by atoms with van der Waals surface area (Å²) in [5, 5.41) is 0. The Balaban J connectivity index is 2.02. The zero-order valence-electron chi connectivity index (χ0n) is 9.21. The molecule has 0 spiro atoms. The largest absolute Gasteiger partial charge is 0.179 e. The monoisotopic (exact) mass is 232 g/mol. The van der Waals surface area contributed by atoms with E-state index in [1.807, 2.05) is 0 Å². The molecule has 0 amide bonds. The van der Waals surface area contributed by atoms with Crippen LogP contribution in [0.25, 0.3) is 0 Å². The normalized spacial score (nSPS) is 20.4. The molecule has 0 aliphatic heterocycles. The van der Waals surface area contributed by atoms with E-state index in [-0.39, 0.29) is 0 Å². The van der Waals surface area contributed by atoms with Gasteiger partial charge in [-0.2, -0.15) is 24.4 Å². The Morgan fingerprint density at radius 2 is 1.57 bits per heavy atom. The summed E-state index contributed by atoms with van der Waals surface area (Å²) in [6.07, 6.45) is 11.9. The van der Waals surface area contributed by atoms with Gasteiger partial charge in [-0.3, -0.25) is 0 Å². The predicted molar refractivity (Wildman–Crippen MR) is 71.6 cm³/mol. The minimum absolute atomic E-state index is 1.04. The Labute approximate surface area is 99.0 Å². The van der Waals surface area contributed by atoms with Crippen LogP contribution in [0.2, 0.25) is 0 Å². The lowest BCUT2D eigenvalue weighted by Crippen LogP contribution is -2.05. The molecule has 0 heterocycles. The molecular formula is C12H24S2. The fourth-order valence-corrected chi connectivity index (χ4v) is 3.47. The Morgan fingerprint density at radius 3 is 2.21 bits per heavy atom. The SMILES string of the molecule is SCCSCCC1CCCCCCC1. The maximum atomic E-state index is 4.23. The second-order valence-electron chi connectivity index (χ2n) is 4.34. The summed E-state index contributed by atoms with van der Waals surface area (Å²) in [6, 6.07) is 0. The van der Waals surface area contributed by atoms with Crippen molar-refractivity contribution in [3.63, 3.8) is 0 Å². The lowest BCUT2D eigenvalue weighted by atomic mass is 9.89. The molecule has 0 radical (unpaired) electrons. The first-order valence-electron chi connectivity index (χ1n) is 6.12. The first kappa shape index (κ1) is 12.8. The molecule has 0 nitrogen and oxygen atoms in total. The highest BCUT2D eigenvalue weighted by atomic mass is 32.2. The Bertz CT molecular complexity index is 117. The van der Waals surface area contributed by atoms with E-state index in [0.717, 1.165) is 11.7 Å². The quantitative estimate of drug-likeness (QED) is 0.541. The average molecular weight is 232 g/mol. The van der Waals surface area contributed by atoms with Crippen LogP contribution in [-0.2, 0) is 0 Å². The van der Waals surface area contributed by atoms with Crippen molar-refractivity contribution in [1.82, 2.24) is 0 Å². The van der Waals surface area contributed by atoms with E-state index in [1.165, 1.54) is 62.9 Å². The van der Waals surface area contributed by atoms with Gasteiger partial charge in [-0.15, -0.1) is 0 Å². The van der Waals surface area contributed by atoms with Crippen molar-refractivity contribution in [2.45, 2.75) is 51.4 Å². The van der Waals surface area contributed by atoms with Gasteiger partial charge in [0.25, 0.3) is 0 Å². The summed E-state index contributed by atoms with van der Waals surface area (Å²) in [6.45, 7) is 0. The van der Waals surface area contributed by atoms with E-state index in [4.69, 9.17) is 0 Å². The third-order valence-corrected chi connectivity index (χ3v) is 4.67. The van der Waals surface area contributed by atoms with E-state index in [2.05, 4.69) is 24.4 Å². The van der Waals surface area contributed by atoms with Crippen LogP contribution in [0, 0.1) is 5.92 Å². The van der Waals surface area contributed by atoms with Crippen molar-refractivity contribution in [3.05, 3.63) is 0 Å². The number of hydrogen-bond acceptors (Lipinski definition) is 2. The Hall–Kier alpha value is 0.700. The van der Waals surface area contributed by atoms with E-state index < -0.39 is 0 Å². The van der Waals surface area contributed by atoms with Crippen molar-refractivity contribution in [2.75, 3.05) is 17.3 Å². The van der Waals surface area contributed by atoms with Crippen LogP contribution in [-0.4, -0.2) is 17.3 Å². The summed E-state index contributed by atoms with van der Waals surface area (Å²) in [5.41, 5.74) is 0. The third-order valence-electron chi connectivity index (χ3n) is 3.13. The average Bonchev–Trinajstić information content (AvgIpc) is 2.15. The maximum Gasteiger partial charge on any atom is 0.00210 e. The van der Waals surface area contributed by atoms with Gasteiger partial charge >= 0.3 is 0 Å². The molecule has 1 rings (SSSR count). The highest BCUT2D eigenvalue weighted by Gasteiger charge is 2.10. The van der Waals surface area contributed by atoms with Crippen LogP contribution in [0.1, 0.15) is 51.4 Å². The second kappa shape index (κ2) is 8.96. The van der Waals surface area contributed by atoms with Gasteiger partial charge in [0.2, 0.25) is 0 Å². The molecule has 0 unspecified atom stereocenters. The van der Waals surface area contributed by atoms with Gasteiger partial charge in [0.1, 0.15) is 0 Å².